The molecule has 1 rings (SSSR count). The van der Waals surface area contributed by atoms with E-state index in [0.717, 1.165) is 5.69 Å². The molecule has 0 aliphatic carbocycles. The van der Waals surface area contributed by atoms with E-state index in [-0.39, 0.29) is 20.4 Å². The standard InChI is InChI=1S/C6H7N.Pd/c1-6-4-2-3-5-7-6;/h2-5H,1H3;. The van der Waals surface area contributed by atoms with Crippen LogP contribution in [0.1, 0.15) is 5.69 Å². The van der Waals surface area contributed by atoms with Gasteiger partial charge in [-0.3, -0.25) is 4.98 Å². The number of aromatic nitrogens is 1. The van der Waals surface area contributed by atoms with Gasteiger partial charge >= 0.3 is 0 Å². The molecule has 0 aliphatic heterocycles. The number of nitrogens with zero attached hydrogens (tertiary/aromatic N) is 1. The molecule has 2 heteroatoms. The monoisotopic (exact) mass is 199 g/mol. The molecule has 0 N–H and O–H groups in total. The molecule has 0 fully saturated rings. The molecule has 46 valence electrons. The van der Waals surface area contributed by atoms with Gasteiger partial charge in [0.05, 0.1) is 0 Å². The van der Waals surface area contributed by atoms with Crippen LogP contribution in [0.5, 0.6) is 0 Å². The topological polar surface area (TPSA) is 12.9 Å². The van der Waals surface area contributed by atoms with Gasteiger partial charge in [-0.1, -0.05) is 6.07 Å². The zero-order chi connectivity index (χ0) is 5.11. The molecule has 0 saturated carbocycles. The number of hydrogen-bond acceptors (Lipinski definition) is 1. The van der Waals surface area contributed by atoms with E-state index in [2.05, 4.69) is 4.98 Å². The van der Waals surface area contributed by atoms with E-state index in [1.54, 1.807) is 6.20 Å². The minimum absolute atomic E-state index is 0. The van der Waals surface area contributed by atoms with Crippen LogP contribution < -0.4 is 0 Å². The van der Waals surface area contributed by atoms with Gasteiger partial charge in [0.1, 0.15) is 0 Å². The molecular formula is C6H7NPd. The third-order valence-electron chi connectivity index (χ3n) is 0.813. The maximum atomic E-state index is 3.98. The molecule has 1 nitrogen and oxygen atoms in total. The molecule has 0 atom stereocenters. The van der Waals surface area contributed by atoms with Crippen molar-refractivity contribution in [3.63, 3.8) is 0 Å². The van der Waals surface area contributed by atoms with Crippen molar-refractivity contribution in [2.45, 2.75) is 6.92 Å². The minimum Gasteiger partial charge on any atom is -0.262 e. The van der Waals surface area contributed by atoms with E-state index in [4.69, 9.17) is 0 Å². The van der Waals surface area contributed by atoms with Gasteiger partial charge in [-0.05, 0) is 19.1 Å². The molecule has 0 spiro atoms. The molecule has 0 saturated heterocycles. The quantitative estimate of drug-likeness (QED) is 0.576. The van der Waals surface area contributed by atoms with Gasteiger partial charge in [-0.15, -0.1) is 0 Å². The maximum Gasteiger partial charge on any atom is 0.0372 e. The summed E-state index contributed by atoms with van der Waals surface area (Å²) in [6.45, 7) is 1.97. The second-order valence-corrected chi connectivity index (χ2v) is 1.47. The predicted octanol–water partition coefficient (Wildman–Crippen LogP) is 1.39. The average Bonchev–Trinajstić information content (AvgIpc) is 1.69. The first kappa shape index (κ1) is 7.81. The summed E-state index contributed by atoms with van der Waals surface area (Å²) in [5, 5.41) is 0. The van der Waals surface area contributed by atoms with Crippen LogP contribution in [0.3, 0.4) is 0 Å². The Bertz CT molecular complexity index is 138. The molecule has 1 aromatic rings. The Hall–Kier alpha value is -0.188. The van der Waals surface area contributed by atoms with E-state index in [9.17, 15) is 0 Å². The number of hydrogen-bond donors (Lipinski definition) is 0. The van der Waals surface area contributed by atoms with Crippen LogP contribution >= 0.6 is 0 Å². The third kappa shape index (κ3) is 2.21. The molecule has 0 unspecified atom stereocenters. The molecular weight excluding hydrogens is 192 g/mol. The molecule has 1 aromatic heterocycles. The van der Waals surface area contributed by atoms with E-state index in [1.165, 1.54) is 0 Å². The summed E-state index contributed by atoms with van der Waals surface area (Å²) >= 11 is 0. The SMILES string of the molecule is Cc1ccccn1.[Pd]. The summed E-state index contributed by atoms with van der Waals surface area (Å²) in [5.74, 6) is 0. The van der Waals surface area contributed by atoms with Crippen LogP contribution in [0.15, 0.2) is 24.4 Å². The first-order valence-corrected chi connectivity index (χ1v) is 2.27. The van der Waals surface area contributed by atoms with Crippen LogP contribution in [0.25, 0.3) is 0 Å². The van der Waals surface area contributed by atoms with Crippen molar-refractivity contribution in [3.8, 4) is 0 Å². The molecule has 0 bridgehead atoms. The summed E-state index contributed by atoms with van der Waals surface area (Å²) < 4.78 is 0. The van der Waals surface area contributed by atoms with Crippen molar-refractivity contribution in [2.75, 3.05) is 0 Å². The van der Waals surface area contributed by atoms with Crippen molar-refractivity contribution < 1.29 is 20.4 Å². The van der Waals surface area contributed by atoms with E-state index in [1.807, 2.05) is 25.1 Å². The van der Waals surface area contributed by atoms with Gasteiger partial charge in [0.2, 0.25) is 0 Å². The fraction of sp³-hybridized carbons (Fsp3) is 0.167. The maximum absolute atomic E-state index is 3.98. The van der Waals surface area contributed by atoms with Crippen molar-refractivity contribution in [1.29, 1.82) is 0 Å². The van der Waals surface area contributed by atoms with E-state index < -0.39 is 0 Å². The van der Waals surface area contributed by atoms with Gasteiger partial charge in [0.25, 0.3) is 0 Å². The minimum atomic E-state index is 0. The molecule has 0 aliphatic rings. The Morgan fingerprint density at radius 2 is 2.12 bits per heavy atom. The van der Waals surface area contributed by atoms with Crippen LogP contribution in [-0.4, -0.2) is 4.98 Å². The van der Waals surface area contributed by atoms with E-state index in [0.29, 0.717) is 0 Å². The second-order valence-electron chi connectivity index (χ2n) is 1.47. The zero-order valence-corrected chi connectivity index (χ0v) is 6.13. The fourth-order valence-corrected chi connectivity index (χ4v) is 0.448. The molecule has 0 radical (unpaired) electrons. The Morgan fingerprint density at radius 1 is 1.38 bits per heavy atom. The van der Waals surface area contributed by atoms with Gasteiger partial charge in [0, 0.05) is 32.3 Å². The van der Waals surface area contributed by atoms with Crippen molar-refractivity contribution in [3.05, 3.63) is 30.1 Å². The van der Waals surface area contributed by atoms with Gasteiger partial charge < -0.3 is 0 Å². The normalized spacial score (nSPS) is 7.62. The number of pyridine rings is 1. The Kier molecular flexibility index (Phi) is 3.68. The van der Waals surface area contributed by atoms with Gasteiger partial charge in [-0.2, -0.15) is 0 Å². The van der Waals surface area contributed by atoms with Crippen molar-refractivity contribution in [1.82, 2.24) is 4.98 Å². The smallest absolute Gasteiger partial charge is 0.0372 e. The van der Waals surface area contributed by atoms with Gasteiger partial charge in [0.15, 0.2) is 0 Å². The third-order valence-corrected chi connectivity index (χ3v) is 0.813. The molecule has 1 heterocycles. The van der Waals surface area contributed by atoms with E-state index >= 15 is 0 Å². The average molecular weight is 200 g/mol. The van der Waals surface area contributed by atoms with Crippen LogP contribution in [0.2, 0.25) is 0 Å². The summed E-state index contributed by atoms with van der Waals surface area (Å²) in [6.07, 6.45) is 1.79. The Labute approximate surface area is 62.8 Å². The summed E-state index contributed by atoms with van der Waals surface area (Å²) in [6, 6.07) is 5.86. The van der Waals surface area contributed by atoms with Crippen molar-refractivity contribution in [2.24, 2.45) is 0 Å². The Balaban J connectivity index is 0.000000490. The number of aryl methyl sites for hydroxylation is 1. The summed E-state index contributed by atoms with van der Waals surface area (Å²) in [7, 11) is 0. The van der Waals surface area contributed by atoms with Crippen molar-refractivity contribution >= 4 is 0 Å². The zero-order valence-electron chi connectivity index (χ0n) is 4.57. The molecule has 0 amide bonds. The first-order chi connectivity index (χ1) is 3.39. The second kappa shape index (κ2) is 3.77. The summed E-state index contributed by atoms with van der Waals surface area (Å²) in [4.78, 5) is 3.98. The molecule has 8 heavy (non-hydrogen) atoms. The fourth-order valence-electron chi connectivity index (χ4n) is 0.448. The van der Waals surface area contributed by atoms with Gasteiger partial charge in [-0.25, -0.2) is 0 Å². The first-order valence-electron chi connectivity index (χ1n) is 2.27. The number of rotatable bonds is 0. The Morgan fingerprint density at radius 3 is 2.38 bits per heavy atom. The van der Waals surface area contributed by atoms with Crippen LogP contribution in [-0.2, 0) is 20.4 Å². The summed E-state index contributed by atoms with van der Waals surface area (Å²) in [5.41, 5.74) is 1.07. The van der Waals surface area contributed by atoms with Crippen LogP contribution in [0, 0.1) is 6.92 Å². The largest absolute Gasteiger partial charge is 0.262 e. The molecule has 0 aromatic carbocycles. The van der Waals surface area contributed by atoms with Crippen LogP contribution in [0.4, 0.5) is 0 Å². The predicted molar refractivity (Wildman–Crippen MR) is 29.0 cm³/mol.